The van der Waals surface area contributed by atoms with E-state index in [1.165, 1.54) is 16.5 Å². The van der Waals surface area contributed by atoms with Crippen molar-refractivity contribution in [2.45, 2.75) is 13.3 Å². The van der Waals surface area contributed by atoms with Crippen LogP contribution in [0.4, 0.5) is 0 Å². The maximum Gasteiger partial charge on any atom is 0.278 e. The van der Waals surface area contributed by atoms with Crippen LogP contribution in [-0.4, -0.2) is 39.8 Å². The Bertz CT molecular complexity index is 1720. The van der Waals surface area contributed by atoms with E-state index in [0.717, 1.165) is 27.5 Å². The Balaban J connectivity index is 1.40. The van der Waals surface area contributed by atoms with Crippen LogP contribution in [0.2, 0.25) is 0 Å². The summed E-state index contributed by atoms with van der Waals surface area (Å²) in [6, 6.07) is 22.3. The molecular formula is C31H28N4O2. The number of amides is 1. The van der Waals surface area contributed by atoms with Crippen molar-refractivity contribution in [1.82, 2.24) is 14.5 Å². The minimum atomic E-state index is -0.107. The summed E-state index contributed by atoms with van der Waals surface area (Å²) in [5.41, 5.74) is 6.79. The smallest absolute Gasteiger partial charge is 0.278 e. The largest absolute Gasteiger partial charge is 0.496 e. The second kappa shape index (κ2) is 9.13. The number of aliphatic imine (C=N–C) groups is 1. The Kier molecular flexibility index (Phi) is 5.64. The van der Waals surface area contributed by atoms with E-state index in [2.05, 4.69) is 46.8 Å². The fourth-order valence-electron chi connectivity index (χ4n) is 5.16. The number of H-pyrrole nitrogens is 1. The van der Waals surface area contributed by atoms with E-state index in [1.54, 1.807) is 12.0 Å². The molecule has 0 bridgehead atoms. The summed E-state index contributed by atoms with van der Waals surface area (Å²) in [6.45, 7) is 2.60. The van der Waals surface area contributed by atoms with Gasteiger partial charge in [-0.05, 0) is 55.3 Å². The van der Waals surface area contributed by atoms with E-state index < -0.39 is 0 Å². The number of nitrogens with one attached hydrogen (secondary N) is 1. The zero-order valence-electron chi connectivity index (χ0n) is 21.2. The Hall–Kier alpha value is -4.58. The number of hydrogen-bond acceptors (Lipinski definition) is 3. The SMILES string of the molecule is COc1ccccc1C1=N/C(=C\c2cn(C)c3ccccc23)C(=O)N1CCc1c[nH]c2ccc(C)cc12. The number of benzene rings is 3. The maximum absolute atomic E-state index is 13.8. The van der Waals surface area contributed by atoms with Crippen molar-refractivity contribution in [3.8, 4) is 5.75 Å². The number of carbonyl (C=O) groups excluding carboxylic acids is 1. The molecule has 0 spiro atoms. The number of hydrogen-bond donors (Lipinski definition) is 1. The second-order valence-corrected chi connectivity index (χ2v) is 9.45. The lowest BCUT2D eigenvalue weighted by Gasteiger charge is -2.19. The van der Waals surface area contributed by atoms with Crippen LogP contribution in [0.1, 0.15) is 22.3 Å². The van der Waals surface area contributed by atoms with Gasteiger partial charge < -0.3 is 14.3 Å². The van der Waals surface area contributed by atoms with E-state index in [0.29, 0.717) is 30.2 Å². The minimum absolute atomic E-state index is 0.107. The van der Waals surface area contributed by atoms with Crippen LogP contribution in [0.25, 0.3) is 27.9 Å². The van der Waals surface area contributed by atoms with Gasteiger partial charge in [-0.1, -0.05) is 42.0 Å². The molecule has 1 aliphatic heterocycles. The van der Waals surface area contributed by atoms with Gasteiger partial charge >= 0.3 is 0 Å². The first-order chi connectivity index (χ1) is 18.0. The lowest BCUT2D eigenvalue weighted by atomic mass is 10.1. The molecule has 1 aliphatic rings. The Labute approximate surface area is 215 Å². The highest BCUT2D eigenvalue weighted by Crippen LogP contribution is 2.30. The first-order valence-corrected chi connectivity index (χ1v) is 12.4. The summed E-state index contributed by atoms with van der Waals surface area (Å²) in [5, 5.41) is 2.28. The molecular weight excluding hydrogens is 460 g/mol. The average Bonchev–Trinajstić information content (AvgIpc) is 3.56. The standard InChI is InChI=1S/C31H28N4O2/c1-20-12-13-26-25(16-20)21(18-32-26)14-15-35-30(24-9-5-7-11-29(24)37-3)33-27(31(35)36)17-22-19-34(2)28-10-6-4-8-23(22)28/h4-13,16-19,32H,14-15H2,1-3H3/b27-17-. The first kappa shape index (κ1) is 22.9. The van der Waals surface area contributed by atoms with E-state index in [1.807, 2.05) is 61.9 Å². The molecule has 3 aromatic carbocycles. The topological polar surface area (TPSA) is 62.6 Å². The van der Waals surface area contributed by atoms with Crippen LogP contribution < -0.4 is 4.74 Å². The van der Waals surface area contributed by atoms with Crippen molar-refractivity contribution >= 4 is 39.6 Å². The van der Waals surface area contributed by atoms with Gasteiger partial charge in [0.1, 0.15) is 17.3 Å². The van der Waals surface area contributed by atoms with Gasteiger partial charge in [-0.25, -0.2) is 4.99 Å². The van der Waals surface area contributed by atoms with E-state index in [9.17, 15) is 4.79 Å². The van der Waals surface area contributed by atoms with Crippen LogP contribution in [0.5, 0.6) is 5.75 Å². The maximum atomic E-state index is 13.8. The molecule has 0 saturated carbocycles. The quantitative estimate of drug-likeness (QED) is 0.305. The number of carbonyl (C=O) groups is 1. The third kappa shape index (κ3) is 4.00. The number of para-hydroxylation sites is 2. The predicted molar refractivity (Wildman–Crippen MR) is 149 cm³/mol. The monoisotopic (exact) mass is 488 g/mol. The van der Waals surface area contributed by atoms with Gasteiger partial charge in [0.2, 0.25) is 0 Å². The molecule has 0 fully saturated rings. The molecule has 2 aromatic heterocycles. The van der Waals surface area contributed by atoms with Gasteiger partial charge in [0, 0.05) is 53.4 Å². The number of nitrogens with zero attached hydrogens (tertiary/aromatic N) is 3. The number of aryl methyl sites for hydroxylation is 2. The molecule has 0 radical (unpaired) electrons. The van der Waals surface area contributed by atoms with E-state index in [4.69, 9.17) is 9.73 Å². The number of rotatable bonds is 6. The van der Waals surface area contributed by atoms with Crippen molar-refractivity contribution in [3.63, 3.8) is 0 Å². The van der Waals surface area contributed by atoms with Crippen LogP contribution in [-0.2, 0) is 18.3 Å². The highest BCUT2D eigenvalue weighted by molar-refractivity contribution is 6.20. The first-order valence-electron chi connectivity index (χ1n) is 12.4. The van der Waals surface area contributed by atoms with Crippen molar-refractivity contribution in [2.75, 3.05) is 13.7 Å². The third-order valence-corrected chi connectivity index (χ3v) is 7.04. The lowest BCUT2D eigenvalue weighted by Crippen LogP contribution is -2.34. The Morgan fingerprint density at radius 1 is 1.03 bits per heavy atom. The molecule has 3 heterocycles. The molecule has 6 rings (SSSR count). The third-order valence-electron chi connectivity index (χ3n) is 7.04. The molecule has 0 saturated heterocycles. The highest BCUT2D eigenvalue weighted by atomic mass is 16.5. The van der Waals surface area contributed by atoms with Gasteiger partial charge in [-0.2, -0.15) is 0 Å². The summed E-state index contributed by atoms with van der Waals surface area (Å²) in [7, 11) is 3.65. The zero-order valence-corrected chi connectivity index (χ0v) is 21.2. The van der Waals surface area contributed by atoms with Crippen LogP contribution in [0.3, 0.4) is 0 Å². The molecule has 5 aromatic rings. The van der Waals surface area contributed by atoms with Crippen molar-refractivity contribution < 1.29 is 9.53 Å². The molecule has 6 nitrogen and oxygen atoms in total. The number of fused-ring (bicyclic) bond motifs is 2. The average molecular weight is 489 g/mol. The van der Waals surface area contributed by atoms with Gasteiger partial charge in [0.05, 0.1) is 12.7 Å². The number of aromatic amines is 1. The molecule has 1 N–H and O–H groups in total. The van der Waals surface area contributed by atoms with Crippen molar-refractivity contribution in [1.29, 1.82) is 0 Å². The normalized spacial score (nSPS) is 14.8. The fourth-order valence-corrected chi connectivity index (χ4v) is 5.16. The molecule has 184 valence electrons. The van der Waals surface area contributed by atoms with Crippen LogP contribution in [0, 0.1) is 6.92 Å². The zero-order chi connectivity index (χ0) is 25.5. The van der Waals surface area contributed by atoms with Crippen LogP contribution >= 0.6 is 0 Å². The number of aromatic nitrogens is 2. The molecule has 1 amide bonds. The molecule has 0 aliphatic carbocycles. The summed E-state index contributed by atoms with van der Waals surface area (Å²) in [4.78, 5) is 23.8. The fraction of sp³-hybridized carbons (Fsp3) is 0.161. The van der Waals surface area contributed by atoms with Gasteiger partial charge in [-0.3, -0.25) is 9.69 Å². The summed E-state index contributed by atoms with van der Waals surface area (Å²) in [6.07, 6.45) is 6.68. The number of methoxy groups -OCH3 is 1. The van der Waals surface area contributed by atoms with E-state index in [-0.39, 0.29) is 5.91 Å². The van der Waals surface area contributed by atoms with Crippen LogP contribution in [0.15, 0.2) is 89.8 Å². The second-order valence-electron chi connectivity index (χ2n) is 9.45. The van der Waals surface area contributed by atoms with Gasteiger partial charge in [0.15, 0.2) is 0 Å². The number of amidine groups is 1. The summed E-state index contributed by atoms with van der Waals surface area (Å²) >= 11 is 0. The Morgan fingerprint density at radius 3 is 2.70 bits per heavy atom. The van der Waals surface area contributed by atoms with Crippen molar-refractivity contribution in [2.24, 2.45) is 12.0 Å². The van der Waals surface area contributed by atoms with Gasteiger partial charge in [0.25, 0.3) is 5.91 Å². The number of ether oxygens (including phenoxy) is 1. The molecule has 0 atom stereocenters. The molecule has 0 unspecified atom stereocenters. The minimum Gasteiger partial charge on any atom is -0.496 e. The predicted octanol–water partition coefficient (Wildman–Crippen LogP) is 5.85. The van der Waals surface area contributed by atoms with Gasteiger partial charge in [-0.15, -0.1) is 0 Å². The molecule has 37 heavy (non-hydrogen) atoms. The van der Waals surface area contributed by atoms with Crippen molar-refractivity contribution in [3.05, 3.63) is 107 Å². The summed E-state index contributed by atoms with van der Waals surface area (Å²) < 4.78 is 7.70. The highest BCUT2D eigenvalue weighted by Gasteiger charge is 2.32. The Morgan fingerprint density at radius 2 is 1.84 bits per heavy atom. The molecule has 6 heteroatoms. The lowest BCUT2D eigenvalue weighted by molar-refractivity contribution is -0.122. The van der Waals surface area contributed by atoms with E-state index >= 15 is 0 Å². The summed E-state index contributed by atoms with van der Waals surface area (Å²) in [5.74, 6) is 1.20.